The van der Waals surface area contributed by atoms with E-state index >= 15 is 0 Å². The molecule has 2 aliphatic heterocycles. The van der Waals surface area contributed by atoms with Gasteiger partial charge in [0.2, 0.25) is 0 Å². The number of aromatic nitrogens is 4. The first-order valence-corrected chi connectivity index (χ1v) is 14.5. The standard InChI is InChI=1S/C34H34N4O5.Cu/c1-7-18-14(3)21-11-23-16(5)20(9-10-27(39)40)31(37-23)29-30(34(42)43)33(41)28-17(6)24(38-32(28)29)13-26-19(8-2)15(4)22(36-26)12-25(18)35-21;/h7,11-13,16,20,30H,1,8-10H2,2-6H3,(H4,35,36,37,38,39,40,41,42,43);/q;+2/p-2/t16-,20-,30+;/m0./s1. The quantitative estimate of drug-likeness (QED) is 0.235. The first kappa shape index (κ1) is 31.2. The van der Waals surface area contributed by atoms with Crippen LogP contribution in [0.25, 0.3) is 39.3 Å². The summed E-state index contributed by atoms with van der Waals surface area (Å²) in [6, 6.07) is 5.70. The van der Waals surface area contributed by atoms with Crippen molar-refractivity contribution >= 4 is 57.0 Å². The molecule has 5 heterocycles. The molecular formula is C34H32CuN4O5. The second-order valence-electron chi connectivity index (χ2n) is 11.5. The van der Waals surface area contributed by atoms with E-state index in [0.717, 1.165) is 45.6 Å². The van der Waals surface area contributed by atoms with Gasteiger partial charge in [0.25, 0.3) is 0 Å². The predicted molar refractivity (Wildman–Crippen MR) is 164 cm³/mol. The molecule has 0 spiro atoms. The van der Waals surface area contributed by atoms with Crippen LogP contribution in [0.15, 0.2) is 24.8 Å². The van der Waals surface area contributed by atoms with Gasteiger partial charge in [-0.3, -0.25) is 19.4 Å². The van der Waals surface area contributed by atoms with Gasteiger partial charge in [0.05, 0.1) is 11.4 Å². The zero-order chi connectivity index (χ0) is 30.9. The van der Waals surface area contributed by atoms with Crippen molar-refractivity contribution in [1.29, 1.82) is 0 Å². The second kappa shape index (κ2) is 11.3. The maximum atomic E-state index is 13.7. The summed E-state index contributed by atoms with van der Waals surface area (Å²) in [4.78, 5) is 57.7. The molecule has 3 atom stereocenters. The number of aryl methyl sites for hydroxylation is 2. The molecule has 9 nitrogen and oxygen atoms in total. The third-order valence-electron chi connectivity index (χ3n) is 9.22. The van der Waals surface area contributed by atoms with Gasteiger partial charge in [0.1, 0.15) is 5.92 Å². The van der Waals surface area contributed by atoms with E-state index in [-0.39, 0.29) is 47.0 Å². The van der Waals surface area contributed by atoms with Crippen LogP contribution in [-0.4, -0.2) is 37.9 Å². The molecule has 0 unspecified atom stereocenters. The Balaban J connectivity index is 0.00000384. The van der Waals surface area contributed by atoms with Gasteiger partial charge in [-0.2, -0.15) is 0 Å². The topological polar surface area (TPSA) is 146 Å². The minimum Gasteiger partial charge on any atom is -0.657 e. The number of carbonyl (C=O) groups excluding carboxylic acids is 1. The van der Waals surface area contributed by atoms with E-state index in [2.05, 4.69) is 13.5 Å². The number of ketones is 1. The fourth-order valence-electron chi connectivity index (χ4n) is 6.82. The van der Waals surface area contributed by atoms with E-state index in [4.69, 9.17) is 19.9 Å². The fourth-order valence-corrected chi connectivity index (χ4v) is 6.82. The summed E-state index contributed by atoms with van der Waals surface area (Å²) in [5.41, 5.74) is 9.85. The van der Waals surface area contributed by atoms with Gasteiger partial charge in [-0.05, 0) is 55.9 Å². The van der Waals surface area contributed by atoms with Crippen LogP contribution in [-0.2, 0) is 26.7 Å². The Morgan fingerprint density at radius 2 is 1.68 bits per heavy atom. The van der Waals surface area contributed by atoms with Crippen molar-refractivity contribution in [1.82, 2.24) is 19.9 Å². The van der Waals surface area contributed by atoms with Crippen LogP contribution in [0, 0.1) is 13.8 Å². The van der Waals surface area contributed by atoms with Crippen molar-refractivity contribution < 1.29 is 41.7 Å². The molecule has 3 aromatic heterocycles. The molecule has 2 N–H and O–H groups in total. The number of carboxylic acids is 2. The van der Waals surface area contributed by atoms with Crippen molar-refractivity contribution in [3.8, 4) is 0 Å². The SMILES string of the molecule is C=Cc1c(C)c2cc3nc(c4c5[n-]c(cc6nc(cc1[n-]2)C(C)=C6CC)c(C)c5C(=O)[C@@H]4C(=O)O)[C@@H](CCC(=O)O)[C@@H]3C.[Cu+2]. The Hall–Kier alpha value is -4.27. The van der Waals surface area contributed by atoms with Crippen molar-refractivity contribution in [2.24, 2.45) is 0 Å². The van der Waals surface area contributed by atoms with Crippen molar-refractivity contribution in [3.05, 3.63) is 75.4 Å². The predicted octanol–water partition coefficient (Wildman–Crippen LogP) is 6.29. The summed E-state index contributed by atoms with van der Waals surface area (Å²) in [6.45, 7) is 13.8. The molecule has 0 saturated heterocycles. The van der Waals surface area contributed by atoms with E-state index in [1.165, 1.54) is 0 Å². The monoisotopic (exact) mass is 639 g/mol. The van der Waals surface area contributed by atoms with E-state index in [1.807, 2.05) is 39.0 Å². The van der Waals surface area contributed by atoms with Gasteiger partial charge < -0.3 is 20.2 Å². The molecule has 3 aliphatic rings. The summed E-state index contributed by atoms with van der Waals surface area (Å²) in [5.74, 6) is -4.91. The Kier molecular flexibility index (Phi) is 8.03. The van der Waals surface area contributed by atoms with Crippen LogP contribution in [0.5, 0.6) is 0 Å². The summed E-state index contributed by atoms with van der Waals surface area (Å²) in [7, 11) is 0. The Labute approximate surface area is 265 Å². The zero-order valence-electron chi connectivity index (χ0n) is 25.1. The Morgan fingerprint density at radius 3 is 2.32 bits per heavy atom. The average Bonchev–Trinajstić information content (AvgIpc) is 3.68. The van der Waals surface area contributed by atoms with E-state index < -0.39 is 29.6 Å². The molecule has 0 aromatic carbocycles. The number of nitrogens with zero attached hydrogens (tertiary/aromatic N) is 4. The van der Waals surface area contributed by atoms with Crippen LogP contribution < -0.4 is 9.97 Å². The minimum atomic E-state index is -1.47. The summed E-state index contributed by atoms with van der Waals surface area (Å²) in [6.07, 6.45) is 2.61. The summed E-state index contributed by atoms with van der Waals surface area (Å²) >= 11 is 0. The second-order valence-corrected chi connectivity index (χ2v) is 11.5. The van der Waals surface area contributed by atoms with Crippen molar-refractivity contribution in [3.63, 3.8) is 0 Å². The number of hydrogen-bond donors (Lipinski definition) is 2. The number of carbonyl (C=O) groups is 3. The number of fused-ring (bicyclic) bond motifs is 8. The van der Waals surface area contributed by atoms with Crippen LogP contribution in [0.4, 0.5) is 0 Å². The summed E-state index contributed by atoms with van der Waals surface area (Å²) < 4.78 is 0. The zero-order valence-corrected chi connectivity index (χ0v) is 26.0. The van der Waals surface area contributed by atoms with Gasteiger partial charge in [-0.15, -0.1) is 22.1 Å². The fraction of sp³-hybridized carbons (Fsp3) is 0.324. The number of rotatable bonds is 6. The number of carboxylic acid groups (broad SMARTS) is 2. The van der Waals surface area contributed by atoms with Gasteiger partial charge in [0, 0.05) is 35.2 Å². The normalized spacial score (nSPS) is 18.8. The molecule has 0 saturated carbocycles. The molecule has 6 rings (SSSR count). The van der Waals surface area contributed by atoms with E-state index in [0.29, 0.717) is 33.5 Å². The molecule has 1 radical (unpaired) electrons. The maximum absolute atomic E-state index is 13.7. The average molecular weight is 640 g/mol. The molecule has 1 aliphatic carbocycles. The molecule has 10 heteroatoms. The van der Waals surface area contributed by atoms with Crippen LogP contribution in [0.2, 0.25) is 0 Å². The third kappa shape index (κ3) is 4.64. The van der Waals surface area contributed by atoms with Gasteiger partial charge in [-0.1, -0.05) is 55.8 Å². The van der Waals surface area contributed by atoms with Crippen molar-refractivity contribution in [2.75, 3.05) is 0 Å². The Morgan fingerprint density at radius 1 is 1.00 bits per heavy atom. The molecule has 3 aromatic rings. The van der Waals surface area contributed by atoms with Gasteiger partial charge in [0.15, 0.2) is 5.78 Å². The number of allylic oxidation sites excluding steroid dienone is 2. The maximum Gasteiger partial charge on any atom is 2.00 e. The van der Waals surface area contributed by atoms with Crippen LogP contribution >= 0.6 is 0 Å². The molecule has 8 bridgehead atoms. The van der Waals surface area contributed by atoms with E-state index in [9.17, 15) is 24.6 Å². The number of Topliss-reactive ketones (excluding diaryl/α,β-unsaturated/α-hetero) is 1. The first-order chi connectivity index (χ1) is 20.5. The van der Waals surface area contributed by atoms with Crippen molar-refractivity contribution in [2.45, 2.75) is 71.6 Å². The molecular weight excluding hydrogens is 608 g/mol. The largest absolute Gasteiger partial charge is 2.00 e. The first-order valence-electron chi connectivity index (χ1n) is 14.5. The minimum absolute atomic E-state index is 0. The van der Waals surface area contributed by atoms with Crippen LogP contribution in [0.3, 0.4) is 0 Å². The number of aliphatic carboxylic acids is 2. The Bertz CT molecular complexity index is 1980. The molecule has 0 fully saturated rings. The number of hydrogen-bond acceptors (Lipinski definition) is 5. The smallest absolute Gasteiger partial charge is 0.657 e. The molecule has 229 valence electrons. The molecule has 44 heavy (non-hydrogen) atoms. The van der Waals surface area contributed by atoms with Gasteiger partial charge in [-0.25, -0.2) is 4.98 Å². The third-order valence-corrected chi connectivity index (χ3v) is 9.22. The summed E-state index contributed by atoms with van der Waals surface area (Å²) in [5, 5.41) is 19.8. The van der Waals surface area contributed by atoms with Gasteiger partial charge >= 0.3 is 29.0 Å². The molecule has 0 amide bonds. The van der Waals surface area contributed by atoms with Crippen LogP contribution in [0.1, 0.15) is 113 Å². The van der Waals surface area contributed by atoms with E-state index in [1.54, 1.807) is 13.0 Å².